The zero-order chi connectivity index (χ0) is 26.1. The van der Waals surface area contributed by atoms with Crippen LogP contribution in [-0.4, -0.2) is 31.4 Å². The molecule has 8 nitrogen and oxygen atoms in total. The zero-order valence-electron chi connectivity index (χ0n) is 19.4. The number of urea groups is 1. The quantitative estimate of drug-likeness (QED) is 0.195. The molecule has 0 aliphatic carbocycles. The van der Waals surface area contributed by atoms with Crippen molar-refractivity contribution >= 4 is 61.4 Å². The third-order valence-corrected chi connectivity index (χ3v) is 6.08. The van der Waals surface area contributed by atoms with Crippen LogP contribution in [0.15, 0.2) is 68.6 Å². The molecule has 11 heteroatoms. The van der Waals surface area contributed by atoms with Gasteiger partial charge in [0.05, 0.1) is 17.3 Å². The van der Waals surface area contributed by atoms with Crippen molar-refractivity contribution in [3.05, 3.63) is 80.5 Å². The van der Waals surface area contributed by atoms with Gasteiger partial charge in [0, 0.05) is 15.8 Å². The Morgan fingerprint density at radius 3 is 2.39 bits per heavy atom. The number of aryl methyl sites for hydroxylation is 1. The molecule has 0 aliphatic heterocycles. The summed E-state index contributed by atoms with van der Waals surface area (Å²) in [6, 6.07) is 13.7. The van der Waals surface area contributed by atoms with Gasteiger partial charge in [0.15, 0.2) is 18.1 Å². The molecule has 0 spiro atoms. The number of carbonyl (C=O) groups is 2. The second-order valence-corrected chi connectivity index (χ2v) is 9.10. The minimum Gasteiger partial charge on any atom is -0.490 e. The molecule has 0 unspecified atom stereocenters. The number of carbonyl (C=O) groups excluding carboxylic acids is 2. The van der Waals surface area contributed by atoms with Gasteiger partial charge < -0.3 is 20.1 Å². The van der Waals surface area contributed by atoms with Gasteiger partial charge in [-0.2, -0.15) is 5.10 Å². The number of rotatable bonds is 9. The van der Waals surface area contributed by atoms with Gasteiger partial charge in [-0.1, -0.05) is 15.9 Å². The molecule has 3 amide bonds. The fourth-order valence-electron chi connectivity index (χ4n) is 2.98. The minimum absolute atomic E-state index is 0.291. The molecule has 3 rings (SSSR count). The number of hydrogen-bond acceptors (Lipinski definition) is 5. The third kappa shape index (κ3) is 8.06. The van der Waals surface area contributed by atoms with Gasteiger partial charge in [0.1, 0.15) is 5.82 Å². The number of hydrazone groups is 1. The number of amides is 3. The van der Waals surface area contributed by atoms with Gasteiger partial charge in [-0.25, -0.2) is 14.6 Å². The first-order chi connectivity index (χ1) is 17.2. The van der Waals surface area contributed by atoms with E-state index in [0.717, 1.165) is 10.0 Å². The molecule has 0 aromatic heterocycles. The SMILES string of the molecule is CCOc1cc(/C=N/NC(=O)Nc2ccc(Br)c(C)c2)cc(Br)c1OCC(=O)Nc1ccc(F)cc1. The molecule has 3 N–H and O–H groups in total. The highest BCUT2D eigenvalue weighted by Gasteiger charge is 2.14. The number of ether oxygens (including phenoxy) is 2. The largest absolute Gasteiger partial charge is 0.490 e. The molecule has 0 aliphatic rings. The highest BCUT2D eigenvalue weighted by molar-refractivity contribution is 9.10. The van der Waals surface area contributed by atoms with Gasteiger partial charge in [0.25, 0.3) is 5.91 Å². The Bertz CT molecular complexity index is 1270. The summed E-state index contributed by atoms with van der Waals surface area (Å²) in [5.74, 6) is -0.0938. The lowest BCUT2D eigenvalue weighted by molar-refractivity contribution is -0.118. The van der Waals surface area contributed by atoms with Crippen molar-refractivity contribution < 1.29 is 23.5 Å². The van der Waals surface area contributed by atoms with E-state index in [4.69, 9.17) is 9.47 Å². The monoisotopic (exact) mass is 620 g/mol. The highest BCUT2D eigenvalue weighted by atomic mass is 79.9. The summed E-state index contributed by atoms with van der Waals surface area (Å²) in [4.78, 5) is 24.4. The van der Waals surface area contributed by atoms with E-state index in [9.17, 15) is 14.0 Å². The molecule has 188 valence electrons. The minimum atomic E-state index is -0.496. The average Bonchev–Trinajstić information content (AvgIpc) is 2.82. The summed E-state index contributed by atoms with van der Waals surface area (Å²) >= 11 is 6.84. The lowest BCUT2D eigenvalue weighted by Gasteiger charge is -2.14. The van der Waals surface area contributed by atoms with Crippen molar-refractivity contribution in [1.82, 2.24) is 5.43 Å². The molecule has 0 atom stereocenters. The lowest BCUT2D eigenvalue weighted by Crippen LogP contribution is -2.24. The van der Waals surface area contributed by atoms with E-state index in [1.54, 1.807) is 18.2 Å². The third-order valence-electron chi connectivity index (χ3n) is 4.60. The second kappa shape index (κ2) is 13.0. The Kier molecular flexibility index (Phi) is 9.83. The van der Waals surface area contributed by atoms with Crippen LogP contribution in [0.4, 0.5) is 20.6 Å². The summed E-state index contributed by atoms with van der Waals surface area (Å²) in [6.07, 6.45) is 1.45. The molecule has 0 bridgehead atoms. The van der Waals surface area contributed by atoms with E-state index in [1.165, 1.54) is 30.5 Å². The molecule has 0 heterocycles. The standard InChI is InChI=1S/C25H23Br2FN4O4/c1-3-35-22-12-16(13-29-32-25(34)31-19-8-9-20(26)15(2)10-19)11-21(27)24(22)36-14-23(33)30-18-6-4-17(28)5-7-18/h4-13H,3,14H2,1-2H3,(H,30,33)(H2,31,32,34)/b29-13+. The van der Waals surface area contributed by atoms with Crippen molar-refractivity contribution in [2.75, 3.05) is 23.8 Å². The molecule has 0 radical (unpaired) electrons. The van der Waals surface area contributed by atoms with Crippen LogP contribution in [0.25, 0.3) is 0 Å². The molecular weight excluding hydrogens is 599 g/mol. The predicted octanol–water partition coefficient (Wildman–Crippen LogP) is 6.23. The van der Waals surface area contributed by atoms with Crippen LogP contribution in [0.3, 0.4) is 0 Å². The van der Waals surface area contributed by atoms with Crippen LogP contribution in [-0.2, 0) is 4.79 Å². The smallest absolute Gasteiger partial charge is 0.339 e. The number of benzene rings is 3. The first-order valence-corrected chi connectivity index (χ1v) is 12.3. The Balaban J connectivity index is 1.61. The summed E-state index contributed by atoms with van der Waals surface area (Å²) in [7, 11) is 0. The van der Waals surface area contributed by atoms with Crippen molar-refractivity contribution in [2.24, 2.45) is 5.10 Å². The van der Waals surface area contributed by atoms with Crippen LogP contribution in [0.1, 0.15) is 18.1 Å². The molecule has 3 aromatic carbocycles. The molecule has 0 saturated heterocycles. The lowest BCUT2D eigenvalue weighted by atomic mass is 10.2. The van der Waals surface area contributed by atoms with E-state index in [1.807, 2.05) is 26.0 Å². The maximum atomic E-state index is 13.0. The molecule has 0 fully saturated rings. The van der Waals surface area contributed by atoms with Gasteiger partial charge in [-0.05, 0) is 95.5 Å². The fraction of sp³-hybridized carbons (Fsp3) is 0.160. The van der Waals surface area contributed by atoms with Crippen molar-refractivity contribution in [2.45, 2.75) is 13.8 Å². The van der Waals surface area contributed by atoms with Crippen molar-refractivity contribution in [3.63, 3.8) is 0 Å². The van der Waals surface area contributed by atoms with Crippen LogP contribution >= 0.6 is 31.9 Å². The first kappa shape index (κ1) is 27.2. The number of nitrogens with zero attached hydrogens (tertiary/aromatic N) is 1. The first-order valence-electron chi connectivity index (χ1n) is 10.8. The van der Waals surface area contributed by atoms with Gasteiger partial charge in [-0.3, -0.25) is 4.79 Å². The Morgan fingerprint density at radius 1 is 0.972 bits per heavy atom. The van der Waals surface area contributed by atoms with Crippen LogP contribution in [0.5, 0.6) is 11.5 Å². The van der Waals surface area contributed by atoms with Crippen LogP contribution in [0, 0.1) is 12.7 Å². The van der Waals surface area contributed by atoms with Gasteiger partial charge >= 0.3 is 6.03 Å². The van der Waals surface area contributed by atoms with Gasteiger partial charge in [0.2, 0.25) is 0 Å². The maximum Gasteiger partial charge on any atom is 0.339 e. The molecule has 3 aromatic rings. The molecular formula is C25H23Br2FN4O4. The van der Waals surface area contributed by atoms with Gasteiger partial charge in [-0.15, -0.1) is 0 Å². The molecule has 0 saturated carbocycles. The Labute approximate surface area is 224 Å². The van der Waals surface area contributed by atoms with E-state index in [-0.39, 0.29) is 6.61 Å². The Hall–Kier alpha value is -3.44. The number of nitrogens with one attached hydrogen (secondary N) is 3. The average molecular weight is 622 g/mol. The van der Waals surface area contributed by atoms with Crippen molar-refractivity contribution in [3.8, 4) is 11.5 Å². The van der Waals surface area contributed by atoms with Crippen molar-refractivity contribution in [1.29, 1.82) is 0 Å². The summed E-state index contributed by atoms with van der Waals surface area (Å²) in [5, 5.41) is 9.30. The van der Waals surface area contributed by atoms with E-state index in [0.29, 0.717) is 39.5 Å². The summed E-state index contributed by atoms with van der Waals surface area (Å²) in [5.41, 5.74) is 5.10. The highest BCUT2D eigenvalue weighted by Crippen LogP contribution is 2.36. The maximum absolute atomic E-state index is 13.0. The van der Waals surface area contributed by atoms with E-state index >= 15 is 0 Å². The summed E-state index contributed by atoms with van der Waals surface area (Å²) in [6.45, 7) is 3.80. The molecule has 36 heavy (non-hydrogen) atoms. The Morgan fingerprint density at radius 2 is 1.69 bits per heavy atom. The normalized spacial score (nSPS) is 10.7. The van der Waals surface area contributed by atoms with Crippen LogP contribution in [0.2, 0.25) is 0 Å². The van der Waals surface area contributed by atoms with E-state index in [2.05, 4.69) is 53.0 Å². The number of hydrogen-bond donors (Lipinski definition) is 3. The summed E-state index contributed by atoms with van der Waals surface area (Å²) < 4.78 is 25.8. The predicted molar refractivity (Wildman–Crippen MR) is 144 cm³/mol. The van der Waals surface area contributed by atoms with Crippen LogP contribution < -0.4 is 25.5 Å². The zero-order valence-corrected chi connectivity index (χ0v) is 22.6. The fourth-order valence-corrected chi connectivity index (χ4v) is 3.80. The van der Waals surface area contributed by atoms with E-state index < -0.39 is 17.8 Å². The number of halogens is 3. The topological polar surface area (TPSA) is 101 Å². The number of anilines is 2. The second-order valence-electron chi connectivity index (χ2n) is 7.39.